The molecule has 0 saturated heterocycles. The van der Waals surface area contributed by atoms with E-state index >= 15 is 0 Å². The fraction of sp³-hybridized carbons (Fsp3) is 0.300. The largest absolute Gasteiger partial charge is 0.496 e. The Labute approximate surface area is 81.1 Å². The lowest BCUT2D eigenvalue weighted by Crippen LogP contribution is -1.90. The average molecular weight is 194 g/mol. The van der Waals surface area contributed by atoms with Crippen molar-refractivity contribution in [3.8, 4) is 5.75 Å². The van der Waals surface area contributed by atoms with Gasteiger partial charge in [0, 0.05) is 13.2 Å². The summed E-state index contributed by atoms with van der Waals surface area (Å²) in [5.74, 6) is 0.383. The van der Waals surface area contributed by atoms with Gasteiger partial charge in [-0.3, -0.25) is 4.68 Å². The third-order valence-electron chi connectivity index (χ3n) is 2.21. The van der Waals surface area contributed by atoms with E-state index in [1.165, 1.54) is 6.07 Å². The molecular formula is C10H11FN2O. The fourth-order valence-electron chi connectivity index (χ4n) is 1.64. The zero-order valence-electron chi connectivity index (χ0n) is 8.34. The summed E-state index contributed by atoms with van der Waals surface area (Å²) in [6, 6.07) is 1.44. The third kappa shape index (κ3) is 1.14. The van der Waals surface area contributed by atoms with Gasteiger partial charge in [-0.2, -0.15) is 5.10 Å². The monoisotopic (exact) mass is 194 g/mol. The molecule has 0 aliphatic rings. The maximum absolute atomic E-state index is 13.4. The van der Waals surface area contributed by atoms with Crippen molar-refractivity contribution in [1.82, 2.24) is 9.78 Å². The molecule has 0 N–H and O–H groups in total. The summed E-state index contributed by atoms with van der Waals surface area (Å²) in [6.07, 6.45) is 1.75. The molecular weight excluding hydrogens is 183 g/mol. The summed E-state index contributed by atoms with van der Waals surface area (Å²) in [4.78, 5) is 0. The molecule has 2 rings (SSSR count). The molecule has 2 aromatic rings. The van der Waals surface area contributed by atoms with E-state index in [2.05, 4.69) is 5.10 Å². The highest BCUT2D eigenvalue weighted by atomic mass is 19.1. The Balaban J connectivity index is 2.89. The number of methoxy groups -OCH3 is 1. The SMILES string of the molecule is COc1c(C)cc(F)c2nn(C)cc12. The predicted octanol–water partition coefficient (Wildman–Crippen LogP) is 2.03. The van der Waals surface area contributed by atoms with Crippen molar-refractivity contribution in [1.29, 1.82) is 0 Å². The minimum atomic E-state index is -0.307. The summed E-state index contributed by atoms with van der Waals surface area (Å²) < 4.78 is 20.2. The van der Waals surface area contributed by atoms with Crippen LogP contribution < -0.4 is 4.74 Å². The highest BCUT2D eigenvalue weighted by Crippen LogP contribution is 2.30. The van der Waals surface area contributed by atoms with Crippen molar-refractivity contribution in [2.45, 2.75) is 6.92 Å². The topological polar surface area (TPSA) is 27.1 Å². The van der Waals surface area contributed by atoms with Gasteiger partial charge < -0.3 is 4.74 Å². The van der Waals surface area contributed by atoms with Crippen LogP contribution >= 0.6 is 0 Å². The fourth-order valence-corrected chi connectivity index (χ4v) is 1.64. The number of fused-ring (bicyclic) bond motifs is 1. The molecule has 3 nitrogen and oxygen atoms in total. The molecule has 1 heterocycles. The first-order valence-electron chi connectivity index (χ1n) is 4.30. The first kappa shape index (κ1) is 8.99. The van der Waals surface area contributed by atoms with Crippen LogP contribution in [0.5, 0.6) is 5.75 Å². The Morgan fingerprint density at radius 3 is 2.86 bits per heavy atom. The molecule has 0 radical (unpaired) electrons. The smallest absolute Gasteiger partial charge is 0.151 e. The molecule has 0 spiro atoms. The number of aromatic nitrogens is 2. The predicted molar refractivity (Wildman–Crippen MR) is 52.0 cm³/mol. The van der Waals surface area contributed by atoms with E-state index in [-0.39, 0.29) is 5.82 Å². The van der Waals surface area contributed by atoms with Crippen molar-refractivity contribution >= 4 is 10.9 Å². The molecule has 74 valence electrons. The highest BCUT2D eigenvalue weighted by Gasteiger charge is 2.12. The zero-order valence-corrected chi connectivity index (χ0v) is 8.34. The molecule has 4 heteroatoms. The van der Waals surface area contributed by atoms with Gasteiger partial charge in [0.1, 0.15) is 11.3 Å². The highest BCUT2D eigenvalue weighted by molar-refractivity contribution is 5.86. The molecule has 0 fully saturated rings. The van der Waals surface area contributed by atoms with Gasteiger partial charge in [0.05, 0.1) is 12.5 Å². The van der Waals surface area contributed by atoms with E-state index in [0.29, 0.717) is 16.7 Å². The number of rotatable bonds is 1. The summed E-state index contributed by atoms with van der Waals surface area (Å²) in [5, 5.41) is 4.74. The van der Waals surface area contributed by atoms with Gasteiger partial charge in [-0.1, -0.05) is 0 Å². The van der Waals surface area contributed by atoms with E-state index in [1.807, 2.05) is 6.92 Å². The number of hydrogen-bond acceptors (Lipinski definition) is 2. The van der Waals surface area contributed by atoms with Crippen LogP contribution in [0, 0.1) is 12.7 Å². The lowest BCUT2D eigenvalue weighted by Gasteiger charge is -2.05. The molecule has 0 amide bonds. The van der Waals surface area contributed by atoms with E-state index in [4.69, 9.17) is 4.74 Å². The second-order valence-electron chi connectivity index (χ2n) is 3.27. The Morgan fingerprint density at radius 2 is 2.21 bits per heavy atom. The zero-order chi connectivity index (χ0) is 10.3. The second-order valence-corrected chi connectivity index (χ2v) is 3.27. The van der Waals surface area contributed by atoms with Crippen LogP contribution in [-0.4, -0.2) is 16.9 Å². The molecule has 0 saturated carbocycles. The van der Waals surface area contributed by atoms with Crippen molar-refractivity contribution in [2.75, 3.05) is 7.11 Å². The van der Waals surface area contributed by atoms with Crippen LogP contribution in [0.25, 0.3) is 10.9 Å². The van der Waals surface area contributed by atoms with Gasteiger partial charge in [0.2, 0.25) is 0 Å². The van der Waals surface area contributed by atoms with Crippen molar-refractivity contribution in [2.24, 2.45) is 7.05 Å². The molecule has 0 bridgehead atoms. The molecule has 1 aromatic carbocycles. The van der Waals surface area contributed by atoms with Crippen molar-refractivity contribution in [3.63, 3.8) is 0 Å². The quantitative estimate of drug-likeness (QED) is 0.694. The number of hydrogen-bond donors (Lipinski definition) is 0. The van der Waals surface area contributed by atoms with Crippen LogP contribution in [-0.2, 0) is 7.05 Å². The third-order valence-corrected chi connectivity index (χ3v) is 2.21. The lowest BCUT2D eigenvalue weighted by molar-refractivity contribution is 0.416. The van der Waals surface area contributed by atoms with E-state index in [1.54, 1.807) is 25.0 Å². The van der Waals surface area contributed by atoms with Gasteiger partial charge in [0.25, 0.3) is 0 Å². The average Bonchev–Trinajstić information content (AvgIpc) is 2.48. The Kier molecular flexibility index (Phi) is 1.91. The maximum Gasteiger partial charge on any atom is 0.151 e. The lowest BCUT2D eigenvalue weighted by atomic mass is 10.1. The van der Waals surface area contributed by atoms with E-state index in [9.17, 15) is 4.39 Å². The molecule has 0 unspecified atom stereocenters. The standard InChI is InChI=1S/C10H11FN2O/c1-6-4-8(11)9-7(10(6)14-3)5-13(2)12-9/h4-5H,1-3H3. The van der Waals surface area contributed by atoms with Gasteiger partial charge >= 0.3 is 0 Å². The maximum atomic E-state index is 13.4. The summed E-state index contributed by atoms with van der Waals surface area (Å²) >= 11 is 0. The number of benzene rings is 1. The van der Waals surface area contributed by atoms with Gasteiger partial charge in [0.15, 0.2) is 5.82 Å². The minimum absolute atomic E-state index is 0.307. The molecule has 0 aliphatic carbocycles. The molecule has 0 aliphatic heterocycles. The second kappa shape index (κ2) is 2.97. The van der Waals surface area contributed by atoms with Gasteiger partial charge in [-0.15, -0.1) is 0 Å². The number of halogens is 1. The first-order valence-corrected chi connectivity index (χ1v) is 4.30. The molecule has 1 aromatic heterocycles. The summed E-state index contributed by atoms with van der Waals surface area (Å²) in [5.41, 5.74) is 1.14. The van der Waals surface area contributed by atoms with Crippen LogP contribution in [0.4, 0.5) is 4.39 Å². The number of aryl methyl sites for hydroxylation is 2. The molecule has 0 atom stereocenters. The van der Waals surface area contributed by atoms with E-state index in [0.717, 1.165) is 5.56 Å². The Morgan fingerprint density at radius 1 is 1.50 bits per heavy atom. The van der Waals surface area contributed by atoms with Crippen LogP contribution in [0.2, 0.25) is 0 Å². The summed E-state index contributed by atoms with van der Waals surface area (Å²) in [7, 11) is 3.33. The van der Waals surface area contributed by atoms with Crippen LogP contribution in [0.15, 0.2) is 12.3 Å². The number of nitrogens with zero attached hydrogens (tertiary/aromatic N) is 2. The van der Waals surface area contributed by atoms with Crippen molar-refractivity contribution in [3.05, 3.63) is 23.6 Å². The first-order chi connectivity index (χ1) is 6.63. The Bertz CT molecular complexity index is 490. The van der Waals surface area contributed by atoms with E-state index < -0.39 is 0 Å². The van der Waals surface area contributed by atoms with Gasteiger partial charge in [-0.25, -0.2) is 4.39 Å². The minimum Gasteiger partial charge on any atom is -0.496 e. The number of ether oxygens (including phenoxy) is 1. The van der Waals surface area contributed by atoms with Crippen LogP contribution in [0.3, 0.4) is 0 Å². The summed E-state index contributed by atoms with van der Waals surface area (Å²) in [6.45, 7) is 1.81. The Hall–Kier alpha value is -1.58. The normalized spacial score (nSPS) is 10.9. The molecule has 14 heavy (non-hydrogen) atoms. The van der Waals surface area contributed by atoms with Crippen LogP contribution in [0.1, 0.15) is 5.56 Å². The van der Waals surface area contributed by atoms with Crippen molar-refractivity contribution < 1.29 is 9.13 Å². The van der Waals surface area contributed by atoms with Gasteiger partial charge in [-0.05, 0) is 18.6 Å².